The topological polar surface area (TPSA) is 14.7 Å². The molecule has 0 unspecified atom stereocenters. The van der Waals surface area contributed by atoms with Crippen LogP contribution in [0.5, 0.6) is 0 Å². The van der Waals surface area contributed by atoms with Crippen molar-refractivity contribution in [2.24, 2.45) is 0 Å². The first kappa shape index (κ1) is 32.3. The molecule has 1 aromatic heterocycles. The van der Waals surface area contributed by atoms with E-state index in [-0.39, 0.29) is 13.4 Å². The van der Waals surface area contributed by atoms with Crippen LogP contribution in [0.4, 0.5) is 51.2 Å². The number of hydrogen-bond acceptors (Lipinski definition) is 3. The summed E-state index contributed by atoms with van der Waals surface area (Å²) in [5.41, 5.74) is 22.6. The lowest BCUT2D eigenvalue weighted by atomic mass is 9.28. The minimum absolute atomic E-state index is 0.000734. The van der Waals surface area contributed by atoms with Crippen molar-refractivity contribution < 1.29 is 0 Å². The Bertz CT molecular complexity index is 3420. The molecule has 4 aliphatic heterocycles. The number of anilines is 9. The van der Waals surface area contributed by atoms with Gasteiger partial charge in [-0.2, -0.15) is 0 Å². The lowest BCUT2D eigenvalue weighted by Crippen LogP contribution is -2.68. The first-order chi connectivity index (χ1) is 29.8. The van der Waals surface area contributed by atoms with Crippen LogP contribution in [0.2, 0.25) is 0 Å². The van der Waals surface area contributed by atoms with Crippen LogP contribution in [0.3, 0.4) is 0 Å². The Morgan fingerprint density at radius 3 is 1.30 bits per heavy atom. The second kappa shape index (κ2) is 11.9. The van der Waals surface area contributed by atoms with Gasteiger partial charge in [-0.15, -0.1) is 0 Å². The number of benzene rings is 9. The van der Waals surface area contributed by atoms with Gasteiger partial charge in [0.05, 0.1) is 11.0 Å². The second-order valence-electron chi connectivity index (χ2n) is 16.4. The molecule has 4 aliphatic rings. The second-order valence-corrected chi connectivity index (χ2v) is 16.4. The maximum atomic E-state index is 2.65. The standard InChI is InChI=1S/C54H34B2N4/c1-4-18-35(19-5-1)57-44-28-14-10-24-38(44)39-32-43-49(33-48(39)57)60-47-31-17-13-27-42(47)55-40-25-11-15-29-45(40)58(36-20-6-2-7-21-36)50-34-51-53(54(60)52(50)55)56(43)41-26-12-16-30-46(41)59(51)37-22-8-3-9-23-37/h1-34H. The maximum absolute atomic E-state index is 2.65. The normalized spacial score (nSPS) is 13.8. The summed E-state index contributed by atoms with van der Waals surface area (Å²) in [5.74, 6) is 0. The minimum atomic E-state index is -0.000734. The summed E-state index contributed by atoms with van der Waals surface area (Å²) in [7, 11) is 0. The van der Waals surface area contributed by atoms with Crippen molar-refractivity contribution in [1.29, 1.82) is 0 Å². The van der Waals surface area contributed by atoms with Gasteiger partial charge in [-0.05, 0) is 106 Å². The van der Waals surface area contributed by atoms with E-state index in [4.69, 9.17) is 0 Å². The van der Waals surface area contributed by atoms with Crippen molar-refractivity contribution in [3.63, 3.8) is 0 Å². The highest BCUT2D eigenvalue weighted by atomic mass is 15.2. The van der Waals surface area contributed by atoms with Crippen molar-refractivity contribution in [3.05, 3.63) is 206 Å². The number of para-hydroxylation sites is 7. The first-order valence-corrected chi connectivity index (χ1v) is 20.9. The number of rotatable bonds is 3. The maximum Gasteiger partial charge on any atom is 0.252 e. The SMILES string of the molecule is c1ccc(N2c3ccccc3B3c4ccccc4N4c5cc6c(cc5B5c7ccccc7N(c7ccccc7)c7cc2c3c4c75)c2ccccc2n6-c2ccccc2)cc1. The molecule has 0 spiro atoms. The molecule has 0 bridgehead atoms. The van der Waals surface area contributed by atoms with E-state index in [0.29, 0.717) is 0 Å². The summed E-state index contributed by atoms with van der Waals surface area (Å²) < 4.78 is 2.46. The van der Waals surface area contributed by atoms with Gasteiger partial charge in [0, 0.05) is 67.6 Å². The number of nitrogens with zero attached hydrogens (tertiary/aromatic N) is 4. The molecule has 0 saturated carbocycles. The molecule has 14 rings (SSSR count). The van der Waals surface area contributed by atoms with E-state index >= 15 is 0 Å². The van der Waals surface area contributed by atoms with Gasteiger partial charge in [-0.25, -0.2) is 0 Å². The van der Waals surface area contributed by atoms with Crippen molar-refractivity contribution >= 4 is 119 Å². The molecule has 0 radical (unpaired) electrons. The molecular weight excluding hydrogens is 726 g/mol. The average molecular weight is 761 g/mol. The zero-order valence-electron chi connectivity index (χ0n) is 32.6. The molecule has 10 aromatic rings. The van der Waals surface area contributed by atoms with E-state index in [2.05, 4.69) is 226 Å². The van der Waals surface area contributed by atoms with Crippen LogP contribution in [0, 0.1) is 0 Å². The van der Waals surface area contributed by atoms with E-state index in [0.717, 1.165) is 17.1 Å². The fourth-order valence-electron chi connectivity index (χ4n) is 11.3. The summed E-state index contributed by atoms with van der Waals surface area (Å²) in [4.78, 5) is 7.70. The van der Waals surface area contributed by atoms with E-state index in [1.54, 1.807) is 0 Å². The molecular formula is C54H34B2N4. The van der Waals surface area contributed by atoms with Crippen LogP contribution < -0.4 is 47.5 Å². The zero-order chi connectivity index (χ0) is 39.1. The Balaban J connectivity index is 1.18. The number of hydrogen-bond donors (Lipinski definition) is 0. The zero-order valence-corrected chi connectivity index (χ0v) is 32.6. The molecule has 0 atom stereocenters. The Morgan fingerprint density at radius 2 is 0.733 bits per heavy atom. The van der Waals surface area contributed by atoms with Crippen molar-refractivity contribution in [1.82, 2.24) is 4.57 Å². The van der Waals surface area contributed by atoms with Gasteiger partial charge in [-0.3, -0.25) is 0 Å². The van der Waals surface area contributed by atoms with Gasteiger partial charge >= 0.3 is 0 Å². The van der Waals surface area contributed by atoms with Gasteiger partial charge in [0.2, 0.25) is 0 Å². The predicted octanol–water partition coefficient (Wildman–Crippen LogP) is 9.48. The van der Waals surface area contributed by atoms with Gasteiger partial charge in [0.1, 0.15) is 0 Å². The molecule has 60 heavy (non-hydrogen) atoms. The molecule has 0 aliphatic carbocycles. The number of fused-ring (bicyclic) bond motifs is 13. The van der Waals surface area contributed by atoms with Crippen LogP contribution in [-0.4, -0.2) is 18.0 Å². The first-order valence-electron chi connectivity index (χ1n) is 20.9. The van der Waals surface area contributed by atoms with Gasteiger partial charge < -0.3 is 19.3 Å². The highest BCUT2D eigenvalue weighted by Gasteiger charge is 2.51. The summed E-state index contributed by atoms with van der Waals surface area (Å²) in [6.45, 7) is 0.0483. The van der Waals surface area contributed by atoms with E-state index in [9.17, 15) is 0 Å². The highest BCUT2D eigenvalue weighted by molar-refractivity contribution is 7.05. The number of aromatic nitrogens is 1. The lowest BCUT2D eigenvalue weighted by Gasteiger charge is -2.51. The molecule has 0 amide bonds. The monoisotopic (exact) mass is 760 g/mol. The minimum Gasteiger partial charge on any atom is -0.312 e. The van der Waals surface area contributed by atoms with Crippen molar-refractivity contribution in [2.45, 2.75) is 0 Å². The lowest BCUT2D eigenvalue weighted by molar-refractivity contribution is 1.18. The predicted molar refractivity (Wildman–Crippen MR) is 254 cm³/mol. The van der Waals surface area contributed by atoms with Crippen molar-refractivity contribution in [2.75, 3.05) is 14.7 Å². The quantitative estimate of drug-likeness (QED) is 0.167. The largest absolute Gasteiger partial charge is 0.312 e. The van der Waals surface area contributed by atoms with Crippen LogP contribution in [0.15, 0.2) is 206 Å². The third-order valence-corrected chi connectivity index (χ3v) is 13.5. The Labute approximate surface area is 349 Å². The Kier molecular flexibility index (Phi) is 6.42. The van der Waals surface area contributed by atoms with Crippen LogP contribution in [0.1, 0.15) is 0 Å². The third kappa shape index (κ3) is 4.12. The van der Waals surface area contributed by atoms with Crippen LogP contribution in [-0.2, 0) is 0 Å². The third-order valence-electron chi connectivity index (χ3n) is 13.5. The fourth-order valence-corrected chi connectivity index (χ4v) is 11.3. The van der Waals surface area contributed by atoms with Gasteiger partial charge in [0.15, 0.2) is 0 Å². The molecule has 276 valence electrons. The molecule has 0 saturated heterocycles. The van der Waals surface area contributed by atoms with Crippen molar-refractivity contribution in [3.8, 4) is 5.69 Å². The Morgan fingerprint density at radius 1 is 0.283 bits per heavy atom. The average Bonchev–Trinajstić information content (AvgIpc) is 3.64. The van der Waals surface area contributed by atoms with E-state index < -0.39 is 0 Å². The van der Waals surface area contributed by atoms with Crippen LogP contribution in [0.25, 0.3) is 27.5 Å². The van der Waals surface area contributed by atoms with Crippen LogP contribution >= 0.6 is 0 Å². The smallest absolute Gasteiger partial charge is 0.252 e. The molecule has 4 nitrogen and oxygen atoms in total. The molecule has 5 heterocycles. The highest BCUT2D eigenvalue weighted by Crippen LogP contribution is 2.50. The molecule has 6 heteroatoms. The summed E-state index contributed by atoms with van der Waals surface area (Å²) >= 11 is 0. The fraction of sp³-hybridized carbons (Fsp3) is 0. The van der Waals surface area contributed by atoms with E-state index in [1.807, 2.05) is 0 Å². The van der Waals surface area contributed by atoms with E-state index in [1.165, 1.54) is 94.4 Å². The Hall–Kier alpha value is -7.69. The molecule has 0 N–H and O–H groups in total. The van der Waals surface area contributed by atoms with Gasteiger partial charge in [-0.1, -0.05) is 133 Å². The summed E-state index contributed by atoms with van der Waals surface area (Å²) in [6, 6.07) is 76.7. The molecule has 0 fully saturated rings. The summed E-state index contributed by atoms with van der Waals surface area (Å²) in [5, 5.41) is 2.53. The molecule has 9 aromatic carbocycles. The van der Waals surface area contributed by atoms with Gasteiger partial charge in [0.25, 0.3) is 13.4 Å². The summed E-state index contributed by atoms with van der Waals surface area (Å²) in [6.07, 6.45) is 0.